The summed E-state index contributed by atoms with van der Waals surface area (Å²) in [5, 5.41) is 3.62. The maximum Gasteiger partial charge on any atom is 0.342 e. The number of carbonyl (C=O) groups excluding carboxylic acids is 1. The van der Waals surface area contributed by atoms with Gasteiger partial charge < -0.3 is 4.74 Å². The third kappa shape index (κ3) is 3.79. The monoisotopic (exact) mass is 241 g/mol. The first-order valence-electron chi connectivity index (χ1n) is 4.97. The molecular formula is C10H15N3O2S. The molecule has 6 heteroatoms. The molecule has 1 aromatic rings. The van der Waals surface area contributed by atoms with Crippen molar-refractivity contribution >= 4 is 17.7 Å². The van der Waals surface area contributed by atoms with Gasteiger partial charge in [-0.1, -0.05) is 18.7 Å². The molecule has 0 aliphatic rings. The molecule has 88 valence electrons. The fourth-order valence-electron chi connectivity index (χ4n) is 1.08. The Bertz CT molecular complexity index is 342. The second-order valence-electron chi connectivity index (χ2n) is 3.06. The number of thioether (sulfide) groups is 1. The van der Waals surface area contributed by atoms with Gasteiger partial charge in [0.1, 0.15) is 0 Å². The zero-order valence-corrected chi connectivity index (χ0v) is 10.4. The maximum atomic E-state index is 11.6. The van der Waals surface area contributed by atoms with E-state index in [2.05, 4.69) is 15.3 Å². The Balaban J connectivity index is 2.59. The summed E-state index contributed by atoms with van der Waals surface area (Å²) >= 11 is 1.42. The minimum atomic E-state index is -0.416. The van der Waals surface area contributed by atoms with Crippen LogP contribution in [0.15, 0.2) is 17.6 Å². The van der Waals surface area contributed by atoms with Gasteiger partial charge in [-0.3, -0.25) is 5.32 Å². The number of ether oxygens (including phenoxy) is 1. The lowest BCUT2D eigenvalue weighted by Crippen LogP contribution is -2.30. The molecule has 0 aliphatic heterocycles. The largest absolute Gasteiger partial charge is 0.443 e. The van der Waals surface area contributed by atoms with Gasteiger partial charge in [0.05, 0.1) is 5.56 Å². The fraction of sp³-hybridized carbons (Fsp3) is 0.500. The number of rotatable bonds is 5. The van der Waals surface area contributed by atoms with Crippen molar-refractivity contribution in [2.75, 3.05) is 12.8 Å². The van der Waals surface area contributed by atoms with Crippen LogP contribution in [0.25, 0.3) is 0 Å². The normalized spacial score (nSPS) is 12.2. The van der Waals surface area contributed by atoms with Crippen LogP contribution in [0, 0.1) is 0 Å². The number of nitrogens with one attached hydrogen (secondary N) is 1. The summed E-state index contributed by atoms with van der Waals surface area (Å²) in [6.07, 6.45) is 4.51. The Hall–Kier alpha value is -1.14. The van der Waals surface area contributed by atoms with E-state index in [1.165, 1.54) is 24.2 Å². The summed E-state index contributed by atoms with van der Waals surface area (Å²) in [6, 6.07) is 0. The average Bonchev–Trinajstić information content (AvgIpc) is 2.29. The Morgan fingerprint density at radius 2 is 2.19 bits per heavy atom. The summed E-state index contributed by atoms with van der Waals surface area (Å²) in [5.74, 6) is -0.416. The van der Waals surface area contributed by atoms with Crippen LogP contribution < -0.4 is 5.32 Å². The number of nitrogens with zero attached hydrogens (tertiary/aromatic N) is 2. The molecule has 1 atom stereocenters. The van der Waals surface area contributed by atoms with Gasteiger partial charge in [-0.2, -0.15) is 0 Å². The highest BCUT2D eigenvalue weighted by Crippen LogP contribution is 2.08. The van der Waals surface area contributed by atoms with Crippen LogP contribution >= 0.6 is 11.8 Å². The van der Waals surface area contributed by atoms with Gasteiger partial charge in [0.2, 0.25) is 0 Å². The SMILES string of the molecule is CCNC(C)OC(=O)c1cnc(SC)nc1. The van der Waals surface area contributed by atoms with Gasteiger partial charge in [0.15, 0.2) is 11.4 Å². The first kappa shape index (κ1) is 12.9. The molecule has 1 unspecified atom stereocenters. The van der Waals surface area contributed by atoms with Crippen LogP contribution in [0.4, 0.5) is 0 Å². The number of carbonyl (C=O) groups is 1. The first-order chi connectivity index (χ1) is 7.67. The van der Waals surface area contributed by atoms with Crippen molar-refractivity contribution in [1.82, 2.24) is 15.3 Å². The Labute approximate surface area is 99.0 Å². The highest BCUT2D eigenvalue weighted by atomic mass is 32.2. The minimum Gasteiger partial charge on any atom is -0.443 e. The van der Waals surface area contributed by atoms with Crippen molar-refractivity contribution < 1.29 is 9.53 Å². The number of esters is 1. The number of hydrogen-bond donors (Lipinski definition) is 1. The van der Waals surface area contributed by atoms with E-state index >= 15 is 0 Å². The molecular weight excluding hydrogens is 226 g/mol. The molecule has 0 fully saturated rings. The predicted molar refractivity (Wildman–Crippen MR) is 62.4 cm³/mol. The van der Waals surface area contributed by atoms with Crippen LogP contribution in [0.2, 0.25) is 0 Å². The quantitative estimate of drug-likeness (QED) is 0.363. The molecule has 0 radical (unpaired) electrons. The van der Waals surface area contributed by atoms with Gasteiger partial charge in [-0.15, -0.1) is 0 Å². The molecule has 5 nitrogen and oxygen atoms in total. The zero-order chi connectivity index (χ0) is 12.0. The molecule has 0 saturated heterocycles. The minimum absolute atomic E-state index is 0.308. The van der Waals surface area contributed by atoms with E-state index < -0.39 is 5.97 Å². The van der Waals surface area contributed by atoms with Crippen LogP contribution in [-0.4, -0.2) is 35.0 Å². The van der Waals surface area contributed by atoms with Crippen molar-refractivity contribution in [2.24, 2.45) is 0 Å². The van der Waals surface area contributed by atoms with Crippen LogP contribution in [0.5, 0.6) is 0 Å². The lowest BCUT2D eigenvalue weighted by molar-refractivity contribution is 0.0269. The second-order valence-corrected chi connectivity index (χ2v) is 3.84. The fourth-order valence-corrected chi connectivity index (χ4v) is 1.40. The highest BCUT2D eigenvalue weighted by molar-refractivity contribution is 7.98. The molecule has 0 aromatic carbocycles. The molecule has 0 amide bonds. The summed E-state index contributed by atoms with van der Waals surface area (Å²) < 4.78 is 5.11. The average molecular weight is 241 g/mol. The highest BCUT2D eigenvalue weighted by Gasteiger charge is 2.11. The number of aromatic nitrogens is 2. The third-order valence-electron chi connectivity index (χ3n) is 1.82. The molecule has 0 spiro atoms. The second kappa shape index (κ2) is 6.44. The summed E-state index contributed by atoms with van der Waals surface area (Å²) in [7, 11) is 0. The molecule has 1 heterocycles. The zero-order valence-electron chi connectivity index (χ0n) is 9.56. The molecule has 0 bridgehead atoms. The lowest BCUT2D eigenvalue weighted by Gasteiger charge is -2.13. The van der Waals surface area contributed by atoms with Gasteiger partial charge >= 0.3 is 5.97 Å². The van der Waals surface area contributed by atoms with E-state index in [9.17, 15) is 4.79 Å². The summed E-state index contributed by atoms with van der Waals surface area (Å²) in [6.45, 7) is 4.47. The van der Waals surface area contributed by atoms with Crippen LogP contribution in [-0.2, 0) is 4.74 Å². The first-order valence-corrected chi connectivity index (χ1v) is 6.20. The van der Waals surface area contributed by atoms with Gasteiger partial charge in [-0.25, -0.2) is 14.8 Å². The topological polar surface area (TPSA) is 64.1 Å². The molecule has 1 aromatic heterocycles. The Morgan fingerprint density at radius 3 is 2.69 bits per heavy atom. The molecule has 1 rings (SSSR count). The van der Waals surface area contributed by atoms with Crippen LogP contribution in [0.3, 0.4) is 0 Å². The van der Waals surface area contributed by atoms with E-state index in [1.54, 1.807) is 6.92 Å². The van der Waals surface area contributed by atoms with Crippen molar-refractivity contribution in [3.8, 4) is 0 Å². The van der Waals surface area contributed by atoms with Gasteiger partial charge in [0, 0.05) is 12.4 Å². The van der Waals surface area contributed by atoms with Crippen molar-refractivity contribution in [2.45, 2.75) is 25.2 Å². The van der Waals surface area contributed by atoms with E-state index in [0.717, 1.165) is 6.54 Å². The van der Waals surface area contributed by atoms with Crippen molar-refractivity contribution in [1.29, 1.82) is 0 Å². The van der Waals surface area contributed by atoms with Gasteiger partial charge in [0.25, 0.3) is 0 Å². The predicted octanol–water partition coefficient (Wildman–Crippen LogP) is 1.31. The van der Waals surface area contributed by atoms with Crippen LogP contribution in [0.1, 0.15) is 24.2 Å². The third-order valence-corrected chi connectivity index (χ3v) is 2.40. The van der Waals surface area contributed by atoms with Crippen molar-refractivity contribution in [3.05, 3.63) is 18.0 Å². The molecule has 1 N–H and O–H groups in total. The molecule has 0 aliphatic carbocycles. The van der Waals surface area contributed by atoms with Crippen molar-refractivity contribution in [3.63, 3.8) is 0 Å². The smallest absolute Gasteiger partial charge is 0.342 e. The lowest BCUT2D eigenvalue weighted by atomic mass is 10.3. The van der Waals surface area contributed by atoms with E-state index in [-0.39, 0.29) is 6.23 Å². The molecule has 16 heavy (non-hydrogen) atoms. The van der Waals surface area contributed by atoms with Gasteiger partial charge in [-0.05, 0) is 19.7 Å². The molecule has 0 saturated carbocycles. The van der Waals surface area contributed by atoms with E-state index in [4.69, 9.17) is 4.74 Å². The Kier molecular flexibility index (Phi) is 5.21. The number of hydrogen-bond acceptors (Lipinski definition) is 6. The summed E-state index contributed by atoms with van der Waals surface area (Å²) in [5.41, 5.74) is 0.363. The summed E-state index contributed by atoms with van der Waals surface area (Å²) in [4.78, 5) is 19.6. The Morgan fingerprint density at radius 1 is 1.56 bits per heavy atom. The maximum absolute atomic E-state index is 11.6. The van der Waals surface area contributed by atoms with E-state index in [0.29, 0.717) is 10.7 Å². The van der Waals surface area contributed by atoms with E-state index in [1.807, 2.05) is 13.2 Å². The standard InChI is InChI=1S/C10H15N3O2S/c1-4-11-7(2)15-9(14)8-5-12-10(16-3)13-6-8/h5-7,11H,4H2,1-3H3.